The van der Waals surface area contributed by atoms with Gasteiger partial charge in [0.1, 0.15) is 11.3 Å². The fourth-order valence-corrected chi connectivity index (χ4v) is 5.27. The highest BCUT2D eigenvalue weighted by atomic mass is 16.5. The molecule has 0 aromatic heterocycles. The van der Waals surface area contributed by atoms with Crippen LogP contribution in [-0.2, 0) is 0 Å². The molecule has 7 nitrogen and oxygen atoms in total. The highest BCUT2D eigenvalue weighted by Gasteiger charge is 2.43. The summed E-state index contributed by atoms with van der Waals surface area (Å²) >= 11 is 0. The van der Waals surface area contributed by atoms with Crippen LogP contribution in [0.4, 0.5) is 0 Å². The van der Waals surface area contributed by atoms with E-state index in [1.807, 2.05) is 47.5 Å². The Labute approximate surface area is 220 Å². The average molecular weight is 507 g/mol. The highest BCUT2D eigenvalue weighted by molar-refractivity contribution is 6.02. The number of ether oxygens (including phenoxy) is 3. The number of aromatic carboxylic acids is 1. The minimum Gasteiger partial charge on any atom is -0.493 e. The van der Waals surface area contributed by atoms with Gasteiger partial charge in [0.15, 0.2) is 11.5 Å². The number of para-hydroxylation sites is 1. The summed E-state index contributed by atoms with van der Waals surface area (Å²) in [6.07, 6.45) is -0.0982. The van der Waals surface area contributed by atoms with E-state index in [-0.39, 0.29) is 17.4 Å². The third-order valence-corrected chi connectivity index (χ3v) is 7.08. The minimum atomic E-state index is -1.13. The van der Waals surface area contributed by atoms with E-state index < -0.39 is 12.2 Å². The standard InChI is InChI=1S/C31H26N2O5/c1-36-27-17-16-23(28(31(34)35)29(27)37-2)30-33-25(22-10-6-7-11-26(22)38-30)18-24(32-33)21-14-12-20(13-15-21)19-8-4-3-5-9-19/h3-17,25,30H,18H2,1-2H3,(H,34,35)/t25-,30+/m1/s1. The van der Waals surface area contributed by atoms with Crippen LogP contribution in [0.3, 0.4) is 0 Å². The zero-order valence-corrected chi connectivity index (χ0v) is 21.0. The summed E-state index contributed by atoms with van der Waals surface area (Å²) in [4.78, 5) is 12.4. The molecular formula is C31H26N2O5. The van der Waals surface area contributed by atoms with Crippen molar-refractivity contribution in [2.45, 2.75) is 18.7 Å². The molecule has 0 spiro atoms. The molecule has 2 heterocycles. The Kier molecular flexibility index (Phi) is 5.96. The van der Waals surface area contributed by atoms with Gasteiger partial charge in [-0.3, -0.25) is 0 Å². The molecule has 7 heteroatoms. The second-order valence-corrected chi connectivity index (χ2v) is 9.17. The summed E-state index contributed by atoms with van der Waals surface area (Å²) in [5.74, 6) is 0.0670. The zero-order chi connectivity index (χ0) is 26.2. The van der Waals surface area contributed by atoms with Crippen molar-refractivity contribution >= 4 is 11.7 Å². The van der Waals surface area contributed by atoms with Crippen molar-refractivity contribution in [3.63, 3.8) is 0 Å². The summed E-state index contributed by atoms with van der Waals surface area (Å²) in [6.45, 7) is 0. The first kappa shape index (κ1) is 23.6. The third kappa shape index (κ3) is 3.93. The van der Waals surface area contributed by atoms with Crippen LogP contribution in [0.1, 0.15) is 45.7 Å². The molecule has 0 bridgehead atoms. The van der Waals surface area contributed by atoms with E-state index in [0.717, 1.165) is 28.0 Å². The predicted octanol–water partition coefficient (Wildman–Crippen LogP) is 6.31. The largest absolute Gasteiger partial charge is 0.493 e. The topological polar surface area (TPSA) is 80.6 Å². The minimum absolute atomic E-state index is 0.00848. The molecule has 0 unspecified atom stereocenters. The number of carboxylic acids is 1. The lowest BCUT2D eigenvalue weighted by atomic mass is 9.94. The Hall–Kier alpha value is -4.78. The van der Waals surface area contributed by atoms with Gasteiger partial charge >= 0.3 is 5.97 Å². The summed E-state index contributed by atoms with van der Waals surface area (Å²) in [5, 5.41) is 17.0. The van der Waals surface area contributed by atoms with Gasteiger partial charge < -0.3 is 19.3 Å². The molecule has 190 valence electrons. The second-order valence-electron chi connectivity index (χ2n) is 9.17. The first-order valence-electron chi connectivity index (χ1n) is 12.3. The summed E-state index contributed by atoms with van der Waals surface area (Å²) < 4.78 is 17.2. The van der Waals surface area contributed by atoms with E-state index in [9.17, 15) is 9.90 Å². The van der Waals surface area contributed by atoms with Crippen molar-refractivity contribution in [3.8, 4) is 28.4 Å². The van der Waals surface area contributed by atoms with Gasteiger partial charge in [0.2, 0.25) is 6.23 Å². The number of rotatable bonds is 6. The van der Waals surface area contributed by atoms with Crippen molar-refractivity contribution in [3.05, 3.63) is 113 Å². The van der Waals surface area contributed by atoms with Crippen molar-refractivity contribution in [1.82, 2.24) is 5.01 Å². The van der Waals surface area contributed by atoms with E-state index in [1.54, 1.807) is 12.1 Å². The number of fused-ring (bicyclic) bond motifs is 3. The molecule has 0 aliphatic carbocycles. The van der Waals surface area contributed by atoms with E-state index in [0.29, 0.717) is 23.5 Å². The van der Waals surface area contributed by atoms with E-state index in [1.165, 1.54) is 14.2 Å². The van der Waals surface area contributed by atoms with E-state index in [2.05, 4.69) is 36.4 Å². The van der Waals surface area contributed by atoms with Gasteiger partial charge in [0, 0.05) is 17.5 Å². The number of carboxylic acid groups (broad SMARTS) is 1. The van der Waals surface area contributed by atoms with Gasteiger partial charge in [-0.15, -0.1) is 0 Å². The maximum atomic E-state index is 12.4. The average Bonchev–Trinajstić information content (AvgIpc) is 3.42. The van der Waals surface area contributed by atoms with Crippen LogP contribution in [0.2, 0.25) is 0 Å². The molecule has 2 aliphatic heterocycles. The smallest absolute Gasteiger partial charge is 0.340 e. The SMILES string of the molecule is COc1ccc([C@@H]2Oc3ccccc3[C@H]3CC(c4ccc(-c5ccccc5)cc4)=NN32)c(C(=O)O)c1OC. The van der Waals surface area contributed by atoms with Crippen molar-refractivity contribution in [2.75, 3.05) is 14.2 Å². The molecule has 38 heavy (non-hydrogen) atoms. The predicted molar refractivity (Wildman–Crippen MR) is 144 cm³/mol. The van der Waals surface area contributed by atoms with Crippen LogP contribution in [0.25, 0.3) is 11.1 Å². The van der Waals surface area contributed by atoms with Gasteiger partial charge in [0.05, 0.1) is 26.0 Å². The summed E-state index contributed by atoms with van der Waals surface area (Å²) in [7, 11) is 2.91. The molecule has 2 atom stereocenters. The number of hydrogen-bond acceptors (Lipinski definition) is 6. The molecule has 2 aliphatic rings. The molecule has 0 saturated carbocycles. The van der Waals surface area contributed by atoms with Crippen molar-refractivity contribution < 1.29 is 24.1 Å². The van der Waals surface area contributed by atoms with Gasteiger partial charge in [-0.05, 0) is 34.9 Å². The highest BCUT2D eigenvalue weighted by Crippen LogP contribution is 2.49. The summed E-state index contributed by atoms with van der Waals surface area (Å²) in [5.41, 5.74) is 5.67. The zero-order valence-electron chi connectivity index (χ0n) is 21.0. The molecule has 4 aromatic rings. The Balaban J connectivity index is 1.43. The normalized spacial score (nSPS) is 17.6. The number of benzene rings is 4. The Bertz CT molecular complexity index is 1530. The molecule has 4 aromatic carbocycles. The molecule has 0 amide bonds. The van der Waals surface area contributed by atoms with Crippen LogP contribution in [0.5, 0.6) is 17.2 Å². The lowest BCUT2D eigenvalue weighted by Gasteiger charge is -2.38. The lowest BCUT2D eigenvalue weighted by molar-refractivity contribution is -0.0199. The Morgan fingerprint density at radius 3 is 2.24 bits per heavy atom. The molecule has 0 saturated heterocycles. The van der Waals surface area contributed by atoms with Gasteiger partial charge in [-0.1, -0.05) is 72.8 Å². The number of carbonyl (C=O) groups is 1. The quantitative estimate of drug-likeness (QED) is 0.330. The van der Waals surface area contributed by atoms with Crippen LogP contribution in [0.15, 0.2) is 96.1 Å². The lowest BCUT2D eigenvalue weighted by Crippen LogP contribution is -2.34. The number of methoxy groups -OCH3 is 2. The molecule has 1 N–H and O–H groups in total. The molecule has 0 fully saturated rings. The number of hydrogen-bond donors (Lipinski definition) is 1. The van der Waals surface area contributed by atoms with Crippen LogP contribution < -0.4 is 14.2 Å². The van der Waals surface area contributed by atoms with Crippen molar-refractivity contribution in [2.24, 2.45) is 5.10 Å². The molecule has 0 radical (unpaired) electrons. The number of nitrogens with zero attached hydrogens (tertiary/aromatic N) is 2. The van der Waals surface area contributed by atoms with Crippen molar-refractivity contribution in [1.29, 1.82) is 0 Å². The van der Waals surface area contributed by atoms with Crippen LogP contribution >= 0.6 is 0 Å². The second kappa shape index (κ2) is 9.59. The van der Waals surface area contributed by atoms with Gasteiger partial charge in [0.25, 0.3) is 0 Å². The maximum Gasteiger partial charge on any atom is 0.340 e. The fraction of sp³-hybridized carbons (Fsp3) is 0.161. The Morgan fingerprint density at radius 2 is 1.53 bits per heavy atom. The summed E-state index contributed by atoms with van der Waals surface area (Å²) in [6, 6.07) is 29.7. The van der Waals surface area contributed by atoms with Gasteiger partial charge in [-0.25, -0.2) is 9.80 Å². The first-order chi connectivity index (χ1) is 18.6. The monoisotopic (exact) mass is 506 g/mol. The van der Waals surface area contributed by atoms with E-state index >= 15 is 0 Å². The third-order valence-electron chi connectivity index (χ3n) is 7.08. The van der Waals surface area contributed by atoms with Crippen LogP contribution in [0, 0.1) is 0 Å². The fourth-order valence-electron chi connectivity index (χ4n) is 5.27. The maximum absolute atomic E-state index is 12.4. The molecule has 6 rings (SSSR count). The first-order valence-corrected chi connectivity index (χ1v) is 12.3. The van der Waals surface area contributed by atoms with Crippen LogP contribution in [-0.4, -0.2) is 36.0 Å². The van der Waals surface area contributed by atoms with Gasteiger partial charge in [-0.2, -0.15) is 5.10 Å². The Morgan fingerprint density at radius 1 is 0.842 bits per heavy atom. The number of hydrazone groups is 1. The molecular weight excluding hydrogens is 480 g/mol. The van der Waals surface area contributed by atoms with E-state index in [4.69, 9.17) is 19.3 Å².